The Morgan fingerprint density at radius 2 is 2.19 bits per heavy atom. The molecule has 0 aliphatic heterocycles. The maximum atomic E-state index is 13.2. The van der Waals surface area contributed by atoms with Gasteiger partial charge in [-0.15, -0.1) is 0 Å². The van der Waals surface area contributed by atoms with E-state index < -0.39 is 0 Å². The molecule has 3 nitrogen and oxygen atoms in total. The first-order valence-electron chi connectivity index (χ1n) is 5.51. The summed E-state index contributed by atoms with van der Waals surface area (Å²) in [6.07, 6.45) is 1.57. The van der Waals surface area contributed by atoms with Crippen molar-refractivity contribution in [1.82, 2.24) is 5.32 Å². The summed E-state index contributed by atoms with van der Waals surface area (Å²) in [5, 5.41) is 2.95. The number of nitrogens with one attached hydrogen (secondary N) is 1. The highest BCUT2D eigenvalue weighted by atomic mass is 19.1. The Balaban J connectivity index is 2.33. The van der Waals surface area contributed by atoms with Crippen LogP contribution in [0.5, 0.6) is 0 Å². The molecular formula is C12H18FN3. The largest absolute Gasteiger partial charge is 0.370 e. The minimum atomic E-state index is -0.173. The molecule has 0 aliphatic rings. The summed E-state index contributed by atoms with van der Waals surface area (Å²) in [4.78, 5) is 4.09. The Morgan fingerprint density at radius 3 is 2.88 bits per heavy atom. The van der Waals surface area contributed by atoms with Crippen molar-refractivity contribution in [2.75, 3.05) is 13.1 Å². The predicted molar refractivity (Wildman–Crippen MR) is 64.9 cm³/mol. The van der Waals surface area contributed by atoms with Crippen molar-refractivity contribution in [3.8, 4) is 0 Å². The standard InChI is InChI=1S/C12H18FN3/c1-2-8-15-12(14)16-9-7-10-5-3-4-6-11(10)13/h3-6H,2,7-9H2,1H3,(H3,14,15,16). The predicted octanol–water partition coefficient (Wildman–Crippen LogP) is 1.68. The molecule has 3 N–H and O–H groups in total. The number of nitrogens with zero attached hydrogens (tertiary/aromatic N) is 1. The van der Waals surface area contributed by atoms with Gasteiger partial charge in [-0.05, 0) is 24.5 Å². The van der Waals surface area contributed by atoms with Crippen LogP contribution in [0, 0.1) is 5.82 Å². The normalized spacial score (nSPS) is 11.5. The SMILES string of the molecule is CCCN=C(N)NCCc1ccccc1F. The number of benzene rings is 1. The van der Waals surface area contributed by atoms with E-state index in [1.807, 2.05) is 13.0 Å². The van der Waals surface area contributed by atoms with Crippen molar-refractivity contribution < 1.29 is 4.39 Å². The third-order valence-electron chi connectivity index (χ3n) is 2.16. The summed E-state index contributed by atoms with van der Waals surface area (Å²) in [5.74, 6) is 0.256. The van der Waals surface area contributed by atoms with Crippen molar-refractivity contribution in [3.05, 3.63) is 35.6 Å². The Hall–Kier alpha value is -1.58. The summed E-state index contributed by atoms with van der Waals surface area (Å²) >= 11 is 0. The minimum Gasteiger partial charge on any atom is -0.370 e. The summed E-state index contributed by atoms with van der Waals surface area (Å²) in [5.41, 5.74) is 6.30. The fourth-order valence-electron chi connectivity index (χ4n) is 1.31. The quantitative estimate of drug-likeness (QED) is 0.589. The highest BCUT2D eigenvalue weighted by molar-refractivity contribution is 5.77. The number of rotatable bonds is 5. The molecule has 0 amide bonds. The van der Waals surface area contributed by atoms with Gasteiger partial charge in [0.05, 0.1) is 0 Å². The molecule has 0 aromatic heterocycles. The first kappa shape index (κ1) is 12.5. The van der Waals surface area contributed by atoms with Gasteiger partial charge >= 0.3 is 0 Å². The van der Waals surface area contributed by atoms with Gasteiger partial charge in [0, 0.05) is 13.1 Å². The van der Waals surface area contributed by atoms with Crippen molar-refractivity contribution in [1.29, 1.82) is 0 Å². The van der Waals surface area contributed by atoms with Crippen LogP contribution in [0.2, 0.25) is 0 Å². The second-order valence-electron chi connectivity index (χ2n) is 3.54. The van der Waals surface area contributed by atoms with Crippen LogP contribution >= 0.6 is 0 Å². The molecule has 0 heterocycles. The fraction of sp³-hybridized carbons (Fsp3) is 0.417. The molecular weight excluding hydrogens is 205 g/mol. The molecule has 4 heteroatoms. The molecule has 1 rings (SSSR count). The van der Waals surface area contributed by atoms with Crippen LogP contribution in [-0.4, -0.2) is 19.0 Å². The molecule has 0 spiro atoms. The smallest absolute Gasteiger partial charge is 0.188 e. The van der Waals surface area contributed by atoms with E-state index in [1.54, 1.807) is 12.1 Å². The Morgan fingerprint density at radius 1 is 1.44 bits per heavy atom. The Labute approximate surface area is 95.6 Å². The lowest BCUT2D eigenvalue weighted by atomic mass is 10.1. The fourth-order valence-corrected chi connectivity index (χ4v) is 1.31. The molecule has 0 saturated heterocycles. The average molecular weight is 223 g/mol. The number of aliphatic imine (C=N–C) groups is 1. The van der Waals surface area contributed by atoms with Gasteiger partial charge in [0.25, 0.3) is 0 Å². The highest BCUT2D eigenvalue weighted by Crippen LogP contribution is 2.05. The second-order valence-corrected chi connectivity index (χ2v) is 3.54. The first-order valence-corrected chi connectivity index (χ1v) is 5.51. The van der Waals surface area contributed by atoms with E-state index in [-0.39, 0.29) is 5.82 Å². The Bertz CT molecular complexity index is 350. The van der Waals surface area contributed by atoms with Crippen molar-refractivity contribution in [2.45, 2.75) is 19.8 Å². The van der Waals surface area contributed by atoms with Crippen LogP contribution in [-0.2, 0) is 6.42 Å². The topological polar surface area (TPSA) is 50.4 Å². The van der Waals surface area contributed by atoms with E-state index in [9.17, 15) is 4.39 Å². The molecule has 88 valence electrons. The van der Waals surface area contributed by atoms with Crippen molar-refractivity contribution in [2.24, 2.45) is 10.7 Å². The summed E-state index contributed by atoms with van der Waals surface area (Å²) in [6.45, 7) is 3.36. The zero-order valence-electron chi connectivity index (χ0n) is 9.54. The van der Waals surface area contributed by atoms with E-state index in [4.69, 9.17) is 5.73 Å². The van der Waals surface area contributed by atoms with Gasteiger partial charge in [0.2, 0.25) is 0 Å². The van der Waals surface area contributed by atoms with Gasteiger partial charge in [0.15, 0.2) is 5.96 Å². The molecule has 0 atom stereocenters. The highest BCUT2D eigenvalue weighted by Gasteiger charge is 1.99. The zero-order valence-corrected chi connectivity index (χ0v) is 9.54. The van der Waals surface area contributed by atoms with Crippen LogP contribution < -0.4 is 11.1 Å². The number of guanidine groups is 1. The van der Waals surface area contributed by atoms with E-state index >= 15 is 0 Å². The number of hydrogen-bond acceptors (Lipinski definition) is 1. The van der Waals surface area contributed by atoms with Gasteiger partial charge in [-0.1, -0.05) is 25.1 Å². The van der Waals surface area contributed by atoms with E-state index in [1.165, 1.54) is 6.07 Å². The first-order chi connectivity index (χ1) is 7.74. The van der Waals surface area contributed by atoms with Gasteiger partial charge in [0.1, 0.15) is 5.82 Å². The van der Waals surface area contributed by atoms with Gasteiger partial charge < -0.3 is 11.1 Å². The van der Waals surface area contributed by atoms with Crippen LogP contribution in [0.25, 0.3) is 0 Å². The molecule has 1 aromatic carbocycles. The van der Waals surface area contributed by atoms with Gasteiger partial charge in [-0.3, -0.25) is 4.99 Å². The summed E-state index contributed by atoms with van der Waals surface area (Å²) in [6, 6.07) is 6.75. The van der Waals surface area contributed by atoms with E-state index in [0.717, 1.165) is 13.0 Å². The molecule has 0 aliphatic carbocycles. The zero-order chi connectivity index (χ0) is 11.8. The van der Waals surface area contributed by atoms with Crippen molar-refractivity contribution in [3.63, 3.8) is 0 Å². The number of hydrogen-bond donors (Lipinski definition) is 2. The number of halogens is 1. The van der Waals surface area contributed by atoms with Crippen molar-refractivity contribution >= 4 is 5.96 Å². The van der Waals surface area contributed by atoms with Crippen LogP contribution in [0.1, 0.15) is 18.9 Å². The lowest BCUT2D eigenvalue weighted by Crippen LogP contribution is -2.33. The lowest BCUT2D eigenvalue weighted by molar-refractivity contribution is 0.607. The molecule has 0 bridgehead atoms. The molecule has 0 radical (unpaired) electrons. The molecule has 1 aromatic rings. The van der Waals surface area contributed by atoms with Crippen LogP contribution in [0.15, 0.2) is 29.3 Å². The molecule has 0 fully saturated rings. The second kappa shape index (κ2) is 6.82. The minimum absolute atomic E-state index is 0.173. The summed E-state index contributed by atoms with van der Waals surface area (Å²) in [7, 11) is 0. The average Bonchev–Trinajstić information content (AvgIpc) is 2.29. The maximum absolute atomic E-state index is 13.2. The molecule has 0 unspecified atom stereocenters. The molecule has 0 saturated carbocycles. The van der Waals surface area contributed by atoms with Gasteiger partial charge in [-0.2, -0.15) is 0 Å². The number of nitrogens with two attached hydrogens (primary N) is 1. The Kier molecular flexibility index (Phi) is 5.32. The lowest BCUT2D eigenvalue weighted by Gasteiger charge is -2.06. The third kappa shape index (κ3) is 4.29. The third-order valence-corrected chi connectivity index (χ3v) is 2.16. The van der Waals surface area contributed by atoms with Crippen LogP contribution in [0.4, 0.5) is 4.39 Å². The van der Waals surface area contributed by atoms with E-state index in [0.29, 0.717) is 24.5 Å². The van der Waals surface area contributed by atoms with Gasteiger partial charge in [-0.25, -0.2) is 4.39 Å². The maximum Gasteiger partial charge on any atom is 0.188 e. The summed E-state index contributed by atoms with van der Waals surface area (Å²) < 4.78 is 13.2. The monoisotopic (exact) mass is 223 g/mol. The molecule has 16 heavy (non-hydrogen) atoms. The van der Waals surface area contributed by atoms with E-state index in [2.05, 4.69) is 10.3 Å². The van der Waals surface area contributed by atoms with Crippen LogP contribution in [0.3, 0.4) is 0 Å².